The number of hydrogen-bond donors (Lipinski definition) is 0. The molecular weight excluding hydrogens is 462 g/mol. The van der Waals surface area contributed by atoms with Crippen molar-refractivity contribution < 1.29 is 9.30 Å². The molecular formula is C36H40NO+. The molecule has 2 heteroatoms. The van der Waals surface area contributed by atoms with E-state index in [9.17, 15) is 0 Å². The van der Waals surface area contributed by atoms with Crippen LogP contribution in [0.2, 0.25) is 0 Å². The minimum absolute atomic E-state index is 0.130. The third-order valence-corrected chi connectivity index (χ3v) is 8.17. The van der Waals surface area contributed by atoms with Gasteiger partial charge < -0.3 is 4.74 Å². The molecule has 0 fully saturated rings. The van der Waals surface area contributed by atoms with Gasteiger partial charge in [-0.1, -0.05) is 77.9 Å². The average molecular weight is 503 g/mol. The van der Waals surface area contributed by atoms with E-state index in [-0.39, 0.29) is 10.8 Å². The average Bonchev–Trinajstić information content (AvgIpc) is 2.83. The second-order valence-corrected chi connectivity index (χ2v) is 13.8. The summed E-state index contributed by atoms with van der Waals surface area (Å²) in [5.74, 6) is 2.02. The number of aromatic nitrogens is 1. The lowest BCUT2D eigenvalue weighted by Crippen LogP contribution is -2.32. The molecule has 0 saturated carbocycles. The van der Waals surface area contributed by atoms with Crippen molar-refractivity contribution in [3.63, 3.8) is 0 Å². The molecule has 1 aliphatic rings. The summed E-state index contributed by atoms with van der Waals surface area (Å²) in [6.45, 7) is 18.4. The van der Waals surface area contributed by atoms with Crippen LogP contribution in [0.4, 0.5) is 0 Å². The molecule has 0 bridgehead atoms. The van der Waals surface area contributed by atoms with Gasteiger partial charge in [0.2, 0.25) is 5.69 Å². The predicted octanol–water partition coefficient (Wildman–Crippen LogP) is 9.54. The molecule has 0 N–H and O–H groups in total. The first-order chi connectivity index (χ1) is 17.8. The Morgan fingerprint density at radius 1 is 0.711 bits per heavy atom. The summed E-state index contributed by atoms with van der Waals surface area (Å²) in [7, 11) is 2.17. The maximum atomic E-state index is 7.06. The maximum absolute atomic E-state index is 7.06. The lowest BCUT2D eigenvalue weighted by atomic mass is 9.81. The van der Waals surface area contributed by atoms with Gasteiger partial charge in [-0.2, -0.15) is 0 Å². The predicted molar refractivity (Wildman–Crippen MR) is 161 cm³/mol. The highest BCUT2D eigenvalue weighted by Gasteiger charge is 2.34. The van der Waals surface area contributed by atoms with Crippen LogP contribution >= 0.6 is 0 Å². The molecule has 0 spiro atoms. The number of fused-ring (bicyclic) bond motifs is 5. The second-order valence-electron chi connectivity index (χ2n) is 13.8. The number of ether oxygens (including phenoxy) is 1. The fourth-order valence-corrected chi connectivity index (χ4v) is 6.53. The van der Waals surface area contributed by atoms with Crippen molar-refractivity contribution in [2.75, 3.05) is 0 Å². The number of nitrogens with zero attached hydrogens (tertiary/aromatic N) is 1. The summed E-state index contributed by atoms with van der Waals surface area (Å²) < 4.78 is 9.36. The van der Waals surface area contributed by atoms with Gasteiger partial charge in [-0.05, 0) is 81.8 Å². The van der Waals surface area contributed by atoms with Crippen molar-refractivity contribution in [3.05, 3.63) is 77.0 Å². The van der Waals surface area contributed by atoms with Crippen LogP contribution in [0.15, 0.2) is 54.7 Å². The third-order valence-electron chi connectivity index (χ3n) is 8.17. The molecule has 0 unspecified atom stereocenters. The molecule has 194 valence electrons. The minimum Gasteiger partial charge on any atom is -0.455 e. The van der Waals surface area contributed by atoms with Crippen molar-refractivity contribution >= 4 is 32.3 Å². The van der Waals surface area contributed by atoms with Crippen LogP contribution in [0.25, 0.3) is 43.6 Å². The van der Waals surface area contributed by atoms with Crippen LogP contribution in [0.5, 0.6) is 11.5 Å². The van der Waals surface area contributed by atoms with E-state index in [0.717, 1.165) is 24.3 Å². The fraction of sp³-hybridized carbons (Fsp3) is 0.361. The van der Waals surface area contributed by atoms with Gasteiger partial charge >= 0.3 is 0 Å². The maximum Gasteiger partial charge on any atom is 0.228 e. The van der Waals surface area contributed by atoms with E-state index < -0.39 is 0 Å². The first-order valence-electron chi connectivity index (χ1n) is 13.9. The topological polar surface area (TPSA) is 13.1 Å². The zero-order valence-electron chi connectivity index (χ0n) is 24.5. The monoisotopic (exact) mass is 502 g/mol. The zero-order chi connectivity index (χ0) is 27.1. The smallest absolute Gasteiger partial charge is 0.228 e. The van der Waals surface area contributed by atoms with E-state index in [0.29, 0.717) is 0 Å². The molecule has 38 heavy (non-hydrogen) atoms. The summed E-state index contributed by atoms with van der Waals surface area (Å²) in [4.78, 5) is 0. The van der Waals surface area contributed by atoms with E-state index >= 15 is 0 Å². The summed E-state index contributed by atoms with van der Waals surface area (Å²) in [5.41, 5.74) is 8.26. The van der Waals surface area contributed by atoms with Gasteiger partial charge in [-0.3, -0.25) is 0 Å². The van der Waals surface area contributed by atoms with Crippen LogP contribution < -0.4 is 9.30 Å². The minimum atomic E-state index is 0.130. The highest BCUT2D eigenvalue weighted by Crippen LogP contribution is 2.53. The number of rotatable bonds is 2. The van der Waals surface area contributed by atoms with Crippen molar-refractivity contribution in [3.8, 4) is 22.8 Å². The molecule has 0 saturated heterocycles. The van der Waals surface area contributed by atoms with Crippen LogP contribution in [0.3, 0.4) is 0 Å². The Balaban J connectivity index is 1.74. The van der Waals surface area contributed by atoms with E-state index in [4.69, 9.17) is 4.74 Å². The first-order valence-corrected chi connectivity index (χ1v) is 13.9. The normalized spacial score (nSPS) is 13.3. The highest BCUT2D eigenvalue weighted by atomic mass is 16.5. The summed E-state index contributed by atoms with van der Waals surface area (Å²) in [6.07, 6.45) is 4.24. The van der Waals surface area contributed by atoms with Crippen molar-refractivity contribution in [1.29, 1.82) is 0 Å². The van der Waals surface area contributed by atoms with Gasteiger partial charge in [0.25, 0.3) is 0 Å². The number of benzene rings is 4. The second kappa shape index (κ2) is 8.30. The number of pyridine rings is 1. The summed E-state index contributed by atoms with van der Waals surface area (Å²) in [6, 6.07) is 18.1. The lowest BCUT2D eigenvalue weighted by Gasteiger charge is -2.28. The summed E-state index contributed by atoms with van der Waals surface area (Å²) >= 11 is 0. The Kier molecular flexibility index (Phi) is 5.44. The standard InChI is InChI=1S/C36H40NO/c1-21-23(19-35(3,4)5)14-15-26-27-16-17-37(9)33-31-22(2)24-12-10-11-13-25(24)29(20-36(6,7)8)34(31)38-30(32(27)33)18-28(21)26/h10-18H,19-20H2,1-9H3/q+1. The van der Waals surface area contributed by atoms with Crippen molar-refractivity contribution in [1.82, 2.24) is 0 Å². The number of aryl methyl sites for hydroxylation is 3. The molecule has 2 nitrogen and oxygen atoms in total. The van der Waals surface area contributed by atoms with E-state index in [1.165, 1.54) is 65.8 Å². The van der Waals surface area contributed by atoms with Gasteiger partial charge in [0.05, 0.1) is 10.9 Å². The quantitative estimate of drug-likeness (QED) is 0.170. The first kappa shape index (κ1) is 24.9. The molecule has 4 aromatic carbocycles. The Morgan fingerprint density at radius 3 is 2.08 bits per heavy atom. The van der Waals surface area contributed by atoms with E-state index in [2.05, 4.69) is 122 Å². The largest absolute Gasteiger partial charge is 0.455 e. The molecule has 2 heterocycles. The Morgan fingerprint density at radius 2 is 1.39 bits per heavy atom. The van der Waals surface area contributed by atoms with Crippen LogP contribution in [0.1, 0.15) is 63.8 Å². The third kappa shape index (κ3) is 3.88. The molecule has 5 aromatic rings. The van der Waals surface area contributed by atoms with Crippen LogP contribution in [-0.4, -0.2) is 0 Å². The van der Waals surface area contributed by atoms with Gasteiger partial charge in [-0.15, -0.1) is 0 Å². The van der Waals surface area contributed by atoms with E-state index in [1.807, 2.05) is 0 Å². The van der Waals surface area contributed by atoms with Gasteiger partial charge in [0, 0.05) is 17.0 Å². The summed E-state index contributed by atoms with van der Waals surface area (Å²) in [5, 5.41) is 7.72. The molecule has 1 aromatic heterocycles. The van der Waals surface area contributed by atoms with Crippen LogP contribution in [-0.2, 0) is 19.9 Å². The van der Waals surface area contributed by atoms with Gasteiger partial charge in [-0.25, -0.2) is 4.57 Å². The van der Waals surface area contributed by atoms with Gasteiger partial charge in [0.1, 0.15) is 18.5 Å². The molecule has 6 rings (SSSR count). The molecule has 0 aliphatic carbocycles. The fourth-order valence-electron chi connectivity index (χ4n) is 6.53. The Bertz CT molecular complexity index is 1780. The molecule has 0 atom stereocenters. The highest BCUT2D eigenvalue weighted by molar-refractivity contribution is 6.17. The van der Waals surface area contributed by atoms with Crippen molar-refractivity contribution in [2.45, 2.75) is 68.2 Å². The van der Waals surface area contributed by atoms with Crippen LogP contribution in [0, 0.1) is 24.7 Å². The molecule has 0 amide bonds. The Hall–Kier alpha value is -3.39. The van der Waals surface area contributed by atoms with Crippen molar-refractivity contribution in [2.24, 2.45) is 17.9 Å². The lowest BCUT2D eigenvalue weighted by molar-refractivity contribution is -0.659. The zero-order valence-corrected chi connectivity index (χ0v) is 24.5. The SMILES string of the molecule is Cc1c2c(c(CC(C)(C)C)c3ccccc13)Oc1cc3c(C)c(CC(C)(C)C)ccc3c3cc[n+](C)c-2c13. The van der Waals surface area contributed by atoms with E-state index in [1.54, 1.807) is 0 Å². The molecule has 0 radical (unpaired) electrons. The Labute approximate surface area is 227 Å². The molecule has 1 aliphatic heterocycles. The van der Waals surface area contributed by atoms with Gasteiger partial charge in [0.15, 0.2) is 6.20 Å². The number of hydrogen-bond acceptors (Lipinski definition) is 1.